The van der Waals surface area contributed by atoms with Crippen molar-refractivity contribution >= 4 is 34.8 Å². The van der Waals surface area contributed by atoms with E-state index in [9.17, 15) is 9.59 Å². The van der Waals surface area contributed by atoms with Gasteiger partial charge in [0.25, 0.3) is 0 Å². The molecule has 2 rings (SSSR count). The summed E-state index contributed by atoms with van der Waals surface area (Å²) < 4.78 is 0. The van der Waals surface area contributed by atoms with Gasteiger partial charge in [0.05, 0.1) is 5.69 Å². The normalized spacial score (nSPS) is 10.4. The van der Waals surface area contributed by atoms with Gasteiger partial charge in [-0.3, -0.25) is 9.59 Å². The Bertz CT molecular complexity index is 767. The zero-order chi connectivity index (χ0) is 17.9. The van der Waals surface area contributed by atoms with Crippen molar-refractivity contribution in [2.45, 2.75) is 27.7 Å². The van der Waals surface area contributed by atoms with Gasteiger partial charge in [-0.15, -0.1) is 0 Å². The molecule has 0 radical (unpaired) electrons. The molecule has 0 aromatic heterocycles. The Morgan fingerprint density at radius 1 is 1.04 bits per heavy atom. The number of carbonyl (C=O) groups excluding carboxylic acids is 2. The number of aryl methyl sites for hydroxylation is 3. The van der Waals surface area contributed by atoms with Crippen molar-refractivity contribution in [3.05, 3.63) is 58.1 Å². The first kappa shape index (κ1) is 18.0. The zero-order valence-electron chi connectivity index (χ0n) is 14.3. The Hall–Kier alpha value is -2.33. The minimum atomic E-state index is -0.271. The summed E-state index contributed by atoms with van der Waals surface area (Å²) in [6.07, 6.45) is 0. The molecule has 2 aromatic rings. The van der Waals surface area contributed by atoms with Gasteiger partial charge in [0.15, 0.2) is 0 Å². The second kappa shape index (κ2) is 7.49. The van der Waals surface area contributed by atoms with E-state index in [1.54, 1.807) is 12.1 Å². The number of hydrogen-bond acceptors (Lipinski definition) is 2. The van der Waals surface area contributed by atoms with Gasteiger partial charge in [-0.05, 0) is 49.6 Å². The van der Waals surface area contributed by atoms with Crippen LogP contribution < -0.4 is 10.2 Å². The third-order valence-corrected chi connectivity index (χ3v) is 4.25. The molecule has 0 saturated carbocycles. The van der Waals surface area contributed by atoms with Crippen LogP contribution in [0, 0.1) is 20.8 Å². The van der Waals surface area contributed by atoms with Crippen LogP contribution in [-0.4, -0.2) is 18.4 Å². The van der Waals surface area contributed by atoms with Gasteiger partial charge in [0.1, 0.15) is 6.54 Å². The van der Waals surface area contributed by atoms with Gasteiger partial charge in [-0.2, -0.15) is 0 Å². The van der Waals surface area contributed by atoms with Crippen LogP contribution in [0.4, 0.5) is 11.4 Å². The Kier molecular flexibility index (Phi) is 5.62. The minimum Gasteiger partial charge on any atom is -0.324 e. The lowest BCUT2D eigenvalue weighted by Crippen LogP contribution is -2.37. The van der Waals surface area contributed by atoms with E-state index in [1.165, 1.54) is 11.8 Å². The lowest BCUT2D eigenvalue weighted by atomic mass is 10.1. The largest absolute Gasteiger partial charge is 0.324 e. The molecule has 0 aliphatic carbocycles. The highest BCUT2D eigenvalue weighted by molar-refractivity contribution is 6.31. The third-order valence-electron chi connectivity index (χ3n) is 3.85. The fourth-order valence-electron chi connectivity index (χ4n) is 2.59. The van der Waals surface area contributed by atoms with E-state index in [2.05, 4.69) is 5.32 Å². The monoisotopic (exact) mass is 344 g/mol. The van der Waals surface area contributed by atoms with Crippen molar-refractivity contribution < 1.29 is 9.59 Å². The number of hydrogen-bond donors (Lipinski definition) is 1. The average Bonchev–Trinajstić information content (AvgIpc) is 2.49. The number of para-hydroxylation sites is 1. The van der Waals surface area contributed by atoms with Crippen LogP contribution in [0.1, 0.15) is 23.6 Å². The van der Waals surface area contributed by atoms with Crippen molar-refractivity contribution in [2.75, 3.05) is 16.8 Å². The fourth-order valence-corrected chi connectivity index (χ4v) is 2.77. The van der Waals surface area contributed by atoms with Crippen LogP contribution in [0.3, 0.4) is 0 Å². The number of amides is 2. The molecule has 0 spiro atoms. The highest BCUT2D eigenvalue weighted by Gasteiger charge is 2.19. The van der Waals surface area contributed by atoms with Crippen molar-refractivity contribution in [1.82, 2.24) is 0 Å². The molecule has 0 unspecified atom stereocenters. The number of rotatable bonds is 4. The topological polar surface area (TPSA) is 49.4 Å². The zero-order valence-corrected chi connectivity index (χ0v) is 15.1. The maximum absolute atomic E-state index is 12.4. The summed E-state index contributed by atoms with van der Waals surface area (Å²) in [5.74, 6) is -0.447. The first-order chi connectivity index (χ1) is 11.3. The average molecular weight is 345 g/mol. The highest BCUT2D eigenvalue weighted by Crippen LogP contribution is 2.25. The lowest BCUT2D eigenvalue weighted by molar-refractivity contribution is -0.120. The van der Waals surface area contributed by atoms with E-state index in [0.717, 1.165) is 22.4 Å². The van der Waals surface area contributed by atoms with E-state index >= 15 is 0 Å². The minimum absolute atomic E-state index is 0.0491. The molecule has 0 heterocycles. The Labute approximate surface area is 147 Å². The second-order valence-electron chi connectivity index (χ2n) is 5.86. The lowest BCUT2D eigenvalue weighted by Gasteiger charge is -2.24. The number of carbonyl (C=O) groups is 2. The van der Waals surface area contributed by atoms with Gasteiger partial charge < -0.3 is 10.2 Å². The van der Waals surface area contributed by atoms with Gasteiger partial charge >= 0.3 is 0 Å². The maximum Gasteiger partial charge on any atom is 0.244 e. The van der Waals surface area contributed by atoms with Gasteiger partial charge in [0, 0.05) is 17.6 Å². The van der Waals surface area contributed by atoms with E-state index in [0.29, 0.717) is 10.7 Å². The van der Waals surface area contributed by atoms with Crippen molar-refractivity contribution in [3.63, 3.8) is 0 Å². The standard InChI is InChI=1S/C19H21ClN2O2/c1-12-8-9-16(10-17(12)20)21-18(24)11-22(15(4)23)19-13(2)6-5-7-14(19)3/h5-10H,11H2,1-4H3,(H,21,24). The summed E-state index contributed by atoms with van der Waals surface area (Å²) in [6.45, 7) is 7.16. The van der Waals surface area contributed by atoms with E-state index in [1.807, 2.05) is 45.0 Å². The van der Waals surface area contributed by atoms with Crippen molar-refractivity contribution in [3.8, 4) is 0 Å². The maximum atomic E-state index is 12.4. The number of nitrogens with one attached hydrogen (secondary N) is 1. The predicted octanol–water partition coefficient (Wildman–Crippen LogP) is 4.26. The Morgan fingerprint density at radius 3 is 2.21 bits per heavy atom. The van der Waals surface area contributed by atoms with Crippen LogP contribution in [0.5, 0.6) is 0 Å². The SMILES string of the molecule is CC(=O)N(CC(=O)Nc1ccc(C)c(Cl)c1)c1c(C)cccc1C. The van der Waals surface area contributed by atoms with Crippen LogP contribution in [0.25, 0.3) is 0 Å². The van der Waals surface area contributed by atoms with E-state index in [-0.39, 0.29) is 18.4 Å². The molecule has 0 aliphatic heterocycles. The highest BCUT2D eigenvalue weighted by atomic mass is 35.5. The van der Waals surface area contributed by atoms with Crippen LogP contribution in [0.15, 0.2) is 36.4 Å². The second-order valence-corrected chi connectivity index (χ2v) is 6.26. The van der Waals surface area contributed by atoms with Crippen LogP contribution in [-0.2, 0) is 9.59 Å². The van der Waals surface area contributed by atoms with Gasteiger partial charge in [-0.1, -0.05) is 35.9 Å². The molecule has 24 heavy (non-hydrogen) atoms. The molecule has 0 fully saturated rings. The van der Waals surface area contributed by atoms with Crippen LogP contribution >= 0.6 is 11.6 Å². The first-order valence-corrected chi connectivity index (χ1v) is 8.07. The molecule has 0 atom stereocenters. The Balaban J connectivity index is 2.20. The number of benzene rings is 2. The number of nitrogens with zero attached hydrogens (tertiary/aromatic N) is 1. The molecule has 2 aromatic carbocycles. The molecule has 5 heteroatoms. The van der Waals surface area contributed by atoms with E-state index < -0.39 is 0 Å². The van der Waals surface area contributed by atoms with Crippen molar-refractivity contribution in [1.29, 1.82) is 0 Å². The smallest absolute Gasteiger partial charge is 0.244 e. The summed E-state index contributed by atoms with van der Waals surface area (Å²) in [5, 5.41) is 3.38. The number of halogens is 1. The van der Waals surface area contributed by atoms with Crippen LogP contribution in [0.2, 0.25) is 5.02 Å². The summed E-state index contributed by atoms with van der Waals surface area (Å²) in [7, 11) is 0. The quantitative estimate of drug-likeness (QED) is 0.901. The third kappa shape index (κ3) is 4.15. The summed E-state index contributed by atoms with van der Waals surface area (Å²) in [6, 6.07) is 11.1. The van der Waals surface area contributed by atoms with Gasteiger partial charge in [-0.25, -0.2) is 0 Å². The molecule has 1 N–H and O–H groups in total. The van der Waals surface area contributed by atoms with E-state index in [4.69, 9.17) is 11.6 Å². The number of anilines is 2. The Morgan fingerprint density at radius 2 is 1.67 bits per heavy atom. The molecular formula is C19H21ClN2O2. The summed E-state index contributed by atoms with van der Waals surface area (Å²) >= 11 is 6.08. The molecule has 0 saturated heterocycles. The molecule has 126 valence electrons. The van der Waals surface area contributed by atoms with Gasteiger partial charge in [0.2, 0.25) is 11.8 Å². The molecule has 2 amide bonds. The summed E-state index contributed by atoms with van der Waals surface area (Å²) in [5.41, 5.74) is 4.24. The predicted molar refractivity (Wildman–Crippen MR) is 98.8 cm³/mol. The molecule has 0 aliphatic rings. The molecule has 0 bridgehead atoms. The summed E-state index contributed by atoms with van der Waals surface area (Å²) in [4.78, 5) is 25.9. The fraction of sp³-hybridized carbons (Fsp3) is 0.263. The molecular weight excluding hydrogens is 324 g/mol. The first-order valence-electron chi connectivity index (χ1n) is 7.70. The van der Waals surface area contributed by atoms with Crippen molar-refractivity contribution in [2.24, 2.45) is 0 Å². The molecule has 4 nitrogen and oxygen atoms in total.